The molecule has 0 bridgehead atoms. The van der Waals surface area contributed by atoms with Crippen molar-refractivity contribution in [3.8, 4) is 5.75 Å². The summed E-state index contributed by atoms with van der Waals surface area (Å²) in [5, 5.41) is 1.46. The van der Waals surface area contributed by atoms with E-state index in [-0.39, 0.29) is 108 Å². The van der Waals surface area contributed by atoms with Gasteiger partial charge in [0.2, 0.25) is 0 Å². The van der Waals surface area contributed by atoms with E-state index in [4.69, 9.17) is 4.74 Å². The number of benzene rings is 2. The second kappa shape index (κ2) is 12.9. The Labute approximate surface area is 244 Å². The molecular formula is C21H22K2O2S. The summed E-state index contributed by atoms with van der Waals surface area (Å²) in [7, 11) is 0. The van der Waals surface area contributed by atoms with E-state index in [1.807, 2.05) is 42.5 Å². The molecule has 26 heavy (non-hydrogen) atoms. The zero-order valence-electron chi connectivity index (χ0n) is 15.8. The number of fused-ring (bicyclic) bond motifs is 2. The molecule has 2 aromatic carbocycles. The van der Waals surface area contributed by atoms with Crippen LogP contribution in [0.4, 0.5) is 0 Å². The van der Waals surface area contributed by atoms with Crippen molar-refractivity contribution in [3.05, 3.63) is 66.5 Å². The van der Waals surface area contributed by atoms with Gasteiger partial charge in [-0.15, -0.1) is 11.3 Å². The number of hydrogen-bond donors (Lipinski definition) is 0. The molecule has 5 heteroatoms. The minimum Gasteiger partial charge on any atom is -0.492 e. The van der Waals surface area contributed by atoms with E-state index in [9.17, 15) is 4.79 Å². The van der Waals surface area contributed by atoms with Crippen LogP contribution < -0.4 is 113 Å². The Balaban J connectivity index is 0.00000169. The molecule has 3 aromatic rings. The van der Waals surface area contributed by atoms with Gasteiger partial charge in [0.25, 0.3) is 0 Å². The van der Waals surface area contributed by atoms with Gasteiger partial charge in [0, 0.05) is 14.8 Å². The van der Waals surface area contributed by atoms with Gasteiger partial charge in [0.15, 0.2) is 5.43 Å². The van der Waals surface area contributed by atoms with Gasteiger partial charge < -0.3 is 18.6 Å². The molecule has 0 amide bonds. The van der Waals surface area contributed by atoms with Gasteiger partial charge in [-0.3, -0.25) is 4.79 Å². The second-order valence-electron chi connectivity index (χ2n) is 6.02. The molecule has 0 saturated carbocycles. The third-order valence-corrected chi connectivity index (χ3v) is 5.40. The maximum atomic E-state index is 12.9. The number of rotatable bonds is 7. The van der Waals surface area contributed by atoms with Gasteiger partial charge in [-0.2, -0.15) is 12.8 Å². The van der Waals surface area contributed by atoms with Crippen molar-refractivity contribution >= 4 is 31.5 Å². The molecule has 0 atom stereocenters. The summed E-state index contributed by atoms with van der Waals surface area (Å²) in [5.74, 6) is 1.13. The van der Waals surface area contributed by atoms with Crippen molar-refractivity contribution < 1.29 is 108 Å². The smallest absolute Gasteiger partial charge is 0.492 e. The Morgan fingerprint density at radius 2 is 1.58 bits per heavy atom. The van der Waals surface area contributed by atoms with E-state index < -0.39 is 0 Å². The zero-order valence-corrected chi connectivity index (χ0v) is 22.9. The van der Waals surface area contributed by atoms with E-state index in [2.05, 4.69) is 13.8 Å². The maximum Gasteiger partial charge on any atom is 1.00 e. The first-order chi connectivity index (χ1) is 11.7. The fourth-order valence-corrected chi connectivity index (χ4v) is 4.13. The SMILES string of the molecule is [CH2-]CCC(CC[CH2-])COc1cccc2sc3ccccc3c(=O)c12.[K+].[K+]. The standard InChI is InChI=1S/C21H22O2S.2K/c1-3-8-15(9-4-2)14-23-17-11-7-13-19-20(17)21(22)16-10-5-6-12-18(16)24-19;;/h5-7,10-13,15H,1-4,8-9,14H2;;/q-2;2*+1. The summed E-state index contributed by atoms with van der Waals surface area (Å²) in [6, 6.07) is 13.6. The number of hydrogen-bond acceptors (Lipinski definition) is 3. The Morgan fingerprint density at radius 3 is 2.27 bits per heavy atom. The Bertz CT molecular complexity index is 886. The first kappa shape index (κ1) is 25.4. The third kappa shape index (κ3) is 6.20. The van der Waals surface area contributed by atoms with Crippen LogP contribution in [0.2, 0.25) is 0 Å². The molecule has 0 radical (unpaired) electrons. The molecule has 0 N–H and O–H groups in total. The van der Waals surface area contributed by atoms with E-state index >= 15 is 0 Å². The monoisotopic (exact) mass is 416 g/mol. The minimum atomic E-state index is 0. The van der Waals surface area contributed by atoms with E-state index in [0.29, 0.717) is 23.7 Å². The largest absolute Gasteiger partial charge is 1.00 e. The first-order valence-corrected chi connectivity index (χ1v) is 9.22. The summed E-state index contributed by atoms with van der Waals surface area (Å²) in [6.07, 6.45) is 3.83. The predicted molar refractivity (Wildman–Crippen MR) is 104 cm³/mol. The van der Waals surface area contributed by atoms with Crippen LogP contribution in [0, 0.1) is 19.8 Å². The molecule has 1 heterocycles. The van der Waals surface area contributed by atoms with Gasteiger partial charge in [-0.1, -0.05) is 31.0 Å². The van der Waals surface area contributed by atoms with Crippen molar-refractivity contribution in [2.45, 2.75) is 25.7 Å². The summed E-state index contributed by atoms with van der Waals surface area (Å²) < 4.78 is 8.05. The zero-order chi connectivity index (χ0) is 16.9. The normalized spacial score (nSPS) is 10.6. The van der Waals surface area contributed by atoms with Crippen molar-refractivity contribution in [1.82, 2.24) is 0 Å². The second-order valence-corrected chi connectivity index (χ2v) is 7.10. The maximum absolute atomic E-state index is 12.9. The molecule has 0 spiro atoms. The topological polar surface area (TPSA) is 26.3 Å². The van der Waals surface area contributed by atoms with Crippen LogP contribution in [0.3, 0.4) is 0 Å². The predicted octanol–water partition coefficient (Wildman–Crippen LogP) is -0.354. The Hall–Kier alpha value is 1.40. The van der Waals surface area contributed by atoms with Crippen LogP contribution in [-0.2, 0) is 0 Å². The summed E-state index contributed by atoms with van der Waals surface area (Å²) in [4.78, 5) is 12.9. The van der Waals surface area contributed by atoms with Crippen molar-refractivity contribution in [1.29, 1.82) is 0 Å². The molecule has 2 nitrogen and oxygen atoms in total. The molecule has 0 aliphatic carbocycles. The number of ether oxygens (including phenoxy) is 1. The van der Waals surface area contributed by atoms with Crippen LogP contribution in [0.15, 0.2) is 47.3 Å². The van der Waals surface area contributed by atoms with E-state index in [1.165, 1.54) is 0 Å². The fourth-order valence-electron chi connectivity index (χ4n) is 3.03. The van der Waals surface area contributed by atoms with Gasteiger partial charge in [0.05, 0.1) is 12.0 Å². The van der Waals surface area contributed by atoms with Crippen molar-refractivity contribution in [2.75, 3.05) is 6.61 Å². The van der Waals surface area contributed by atoms with Crippen LogP contribution in [0.5, 0.6) is 5.75 Å². The van der Waals surface area contributed by atoms with Crippen LogP contribution in [-0.4, -0.2) is 6.61 Å². The fraction of sp³-hybridized carbons (Fsp3) is 0.286. The first-order valence-electron chi connectivity index (χ1n) is 8.40. The third-order valence-electron chi connectivity index (χ3n) is 4.27. The van der Waals surface area contributed by atoms with Gasteiger partial charge in [-0.05, 0) is 30.2 Å². The molecule has 0 saturated heterocycles. The molecule has 3 rings (SSSR count). The summed E-state index contributed by atoms with van der Waals surface area (Å²) >= 11 is 1.63. The van der Waals surface area contributed by atoms with Crippen LogP contribution in [0.25, 0.3) is 20.2 Å². The molecule has 126 valence electrons. The molecule has 0 aliphatic heterocycles. The molecule has 0 unspecified atom stereocenters. The molecule has 0 aliphatic rings. The quantitative estimate of drug-likeness (QED) is 0.299. The van der Waals surface area contributed by atoms with Gasteiger partial charge in [0.1, 0.15) is 5.75 Å². The van der Waals surface area contributed by atoms with Crippen molar-refractivity contribution in [3.63, 3.8) is 0 Å². The van der Waals surface area contributed by atoms with E-state index in [0.717, 1.165) is 40.5 Å². The van der Waals surface area contributed by atoms with Crippen LogP contribution in [0.1, 0.15) is 25.7 Å². The summed E-state index contributed by atoms with van der Waals surface area (Å²) in [5.41, 5.74) is 0.0563. The van der Waals surface area contributed by atoms with E-state index in [1.54, 1.807) is 11.3 Å². The Kier molecular flexibility index (Phi) is 12.6. The van der Waals surface area contributed by atoms with Crippen LogP contribution >= 0.6 is 11.3 Å². The van der Waals surface area contributed by atoms with Gasteiger partial charge >= 0.3 is 103 Å². The molecule has 1 aromatic heterocycles. The Morgan fingerprint density at radius 1 is 0.923 bits per heavy atom. The molecular weight excluding hydrogens is 394 g/mol. The summed E-state index contributed by atoms with van der Waals surface area (Å²) in [6.45, 7) is 8.49. The van der Waals surface area contributed by atoms with Crippen molar-refractivity contribution in [2.24, 2.45) is 5.92 Å². The average molecular weight is 417 g/mol. The minimum absolute atomic E-state index is 0. The molecule has 0 fully saturated rings. The van der Waals surface area contributed by atoms with Gasteiger partial charge in [-0.25, -0.2) is 0 Å². The average Bonchev–Trinajstić information content (AvgIpc) is 2.60.